The first kappa shape index (κ1) is 27.8. The number of aliphatic hydroxyl groups excluding tert-OH is 1. The molecule has 0 aliphatic heterocycles. The Hall–Kier alpha value is -3.76. The minimum absolute atomic E-state index is 0.150. The Morgan fingerprint density at radius 3 is 2.35 bits per heavy atom. The first-order valence-electron chi connectivity index (χ1n) is 10.4. The van der Waals surface area contributed by atoms with Gasteiger partial charge in [0.2, 0.25) is 5.88 Å². The van der Waals surface area contributed by atoms with Crippen molar-refractivity contribution in [3.8, 4) is 11.7 Å². The van der Waals surface area contributed by atoms with Gasteiger partial charge in [0, 0.05) is 24.7 Å². The molecule has 3 rings (SSSR count). The van der Waals surface area contributed by atoms with Crippen LogP contribution >= 0.6 is 0 Å². The number of ether oxygens (including phenoxy) is 1. The number of carbonyl (C=O) groups excluding carboxylic acids is 1. The molecule has 3 heterocycles. The van der Waals surface area contributed by atoms with Gasteiger partial charge in [-0.25, -0.2) is 9.18 Å². The molecule has 0 fully saturated rings. The monoisotopic (exact) mass is 540 g/mol. The van der Waals surface area contributed by atoms with Crippen molar-refractivity contribution in [3.63, 3.8) is 0 Å². The number of hydrogen-bond acceptors (Lipinski definition) is 7. The second-order valence-electron chi connectivity index (χ2n) is 8.01. The third-order valence-electron chi connectivity index (χ3n) is 5.24. The maximum absolute atomic E-state index is 15.0. The van der Waals surface area contributed by atoms with Crippen LogP contribution in [0.25, 0.3) is 5.82 Å². The van der Waals surface area contributed by atoms with E-state index in [-0.39, 0.29) is 11.5 Å². The number of ketones is 1. The molecule has 0 aliphatic carbocycles. The zero-order chi connectivity index (χ0) is 28.0. The fourth-order valence-corrected chi connectivity index (χ4v) is 3.25. The number of Topliss-reactive ketones (excluding diaryl/α,β-unsaturated/α-hetero) is 1. The van der Waals surface area contributed by atoms with E-state index in [0.717, 1.165) is 4.57 Å². The van der Waals surface area contributed by atoms with E-state index in [0.29, 0.717) is 17.7 Å². The summed E-state index contributed by atoms with van der Waals surface area (Å²) in [4.78, 5) is 28.9. The lowest BCUT2D eigenvalue weighted by Gasteiger charge is -2.19. The number of nitrogens with one attached hydrogen (secondary N) is 1. The standard InChI is InChI=1S/C20H19F7N6O4/c1-7-10(14(30-29-7)20(25,26)27)6-13(35)11-5-12(21)16(28-17(11)37-9(3)19(22,23)24)33-18(36)32(4)15(31-33)8(2)34/h5,8-9,34H,6H2,1-4H3,(H,29,30)/t8?,9-/m0/s1. The summed E-state index contributed by atoms with van der Waals surface area (Å²) in [6.07, 6.45) is -14.9. The van der Waals surface area contributed by atoms with Crippen molar-refractivity contribution in [1.82, 2.24) is 29.5 Å². The van der Waals surface area contributed by atoms with Crippen molar-refractivity contribution >= 4 is 5.78 Å². The van der Waals surface area contributed by atoms with E-state index in [1.54, 1.807) is 0 Å². The van der Waals surface area contributed by atoms with E-state index in [1.807, 2.05) is 0 Å². The number of hydrogen-bond donors (Lipinski definition) is 2. The number of aliphatic hydroxyl groups is 1. The topological polar surface area (TPSA) is 128 Å². The second kappa shape index (κ2) is 9.60. The average molecular weight is 540 g/mol. The van der Waals surface area contributed by atoms with Crippen LogP contribution in [-0.2, 0) is 19.6 Å². The molecule has 3 aromatic heterocycles. The van der Waals surface area contributed by atoms with Crippen LogP contribution in [0.5, 0.6) is 5.88 Å². The largest absolute Gasteiger partial charge is 0.464 e. The van der Waals surface area contributed by atoms with Crippen molar-refractivity contribution < 1.29 is 45.4 Å². The van der Waals surface area contributed by atoms with Gasteiger partial charge >= 0.3 is 18.0 Å². The van der Waals surface area contributed by atoms with Crippen LogP contribution in [0.2, 0.25) is 0 Å². The molecule has 0 spiro atoms. The molecule has 37 heavy (non-hydrogen) atoms. The van der Waals surface area contributed by atoms with Gasteiger partial charge in [-0.3, -0.25) is 14.5 Å². The minimum atomic E-state index is -4.97. The Kier molecular flexibility index (Phi) is 7.22. The first-order valence-corrected chi connectivity index (χ1v) is 10.4. The predicted octanol–water partition coefficient (Wildman–Crippen LogP) is 2.96. The van der Waals surface area contributed by atoms with Crippen LogP contribution in [0.4, 0.5) is 30.7 Å². The van der Waals surface area contributed by atoms with Crippen LogP contribution in [-0.4, -0.2) is 52.7 Å². The van der Waals surface area contributed by atoms with Crippen molar-refractivity contribution in [2.45, 2.75) is 51.8 Å². The normalized spacial score (nSPS) is 14.1. The minimum Gasteiger partial charge on any atom is -0.464 e. The number of pyridine rings is 1. The quantitative estimate of drug-likeness (QED) is 0.349. The van der Waals surface area contributed by atoms with E-state index in [4.69, 9.17) is 4.74 Å². The number of halogens is 7. The Labute approximate surface area is 202 Å². The Bertz CT molecular complexity index is 1390. The van der Waals surface area contributed by atoms with Gasteiger partial charge < -0.3 is 9.84 Å². The van der Waals surface area contributed by atoms with Gasteiger partial charge in [-0.15, -0.1) is 5.10 Å². The summed E-state index contributed by atoms with van der Waals surface area (Å²) in [5.41, 5.74) is -4.15. The number of rotatable bonds is 7. The predicted molar refractivity (Wildman–Crippen MR) is 110 cm³/mol. The van der Waals surface area contributed by atoms with Crippen LogP contribution in [0, 0.1) is 12.7 Å². The van der Waals surface area contributed by atoms with Gasteiger partial charge in [-0.1, -0.05) is 0 Å². The van der Waals surface area contributed by atoms with Gasteiger partial charge in [0.1, 0.15) is 6.10 Å². The molecule has 0 radical (unpaired) electrons. The molecule has 3 aromatic rings. The van der Waals surface area contributed by atoms with E-state index >= 15 is 4.39 Å². The molecular formula is C20H19F7N6O4. The van der Waals surface area contributed by atoms with Crippen molar-refractivity contribution in [1.29, 1.82) is 0 Å². The second-order valence-corrected chi connectivity index (χ2v) is 8.01. The molecule has 17 heteroatoms. The highest BCUT2D eigenvalue weighted by molar-refractivity contribution is 5.99. The zero-order valence-electron chi connectivity index (χ0n) is 19.5. The van der Waals surface area contributed by atoms with Gasteiger partial charge in [0.05, 0.1) is 5.56 Å². The molecule has 0 saturated carbocycles. The first-order chi connectivity index (χ1) is 16.9. The maximum atomic E-state index is 15.0. The molecule has 0 amide bonds. The van der Waals surface area contributed by atoms with Crippen molar-refractivity contribution in [2.24, 2.45) is 7.05 Å². The van der Waals surface area contributed by atoms with E-state index in [9.17, 15) is 41.0 Å². The lowest BCUT2D eigenvalue weighted by molar-refractivity contribution is -0.190. The molecule has 0 aliphatic rings. The summed E-state index contributed by atoms with van der Waals surface area (Å²) >= 11 is 0. The van der Waals surface area contributed by atoms with Gasteiger partial charge in [0.25, 0.3) is 0 Å². The Morgan fingerprint density at radius 2 is 1.84 bits per heavy atom. The zero-order valence-corrected chi connectivity index (χ0v) is 19.5. The molecule has 2 N–H and O–H groups in total. The molecule has 10 nitrogen and oxygen atoms in total. The van der Waals surface area contributed by atoms with Crippen LogP contribution < -0.4 is 10.4 Å². The smallest absolute Gasteiger partial charge is 0.435 e. The highest BCUT2D eigenvalue weighted by atomic mass is 19.4. The van der Waals surface area contributed by atoms with Crippen LogP contribution in [0.1, 0.15) is 53.1 Å². The number of H-pyrrole nitrogens is 1. The summed E-state index contributed by atoms with van der Waals surface area (Å²) in [5, 5.41) is 18.6. The van der Waals surface area contributed by atoms with E-state index in [1.165, 1.54) is 20.9 Å². The van der Waals surface area contributed by atoms with Crippen molar-refractivity contribution in [2.75, 3.05) is 0 Å². The average Bonchev–Trinajstić information content (AvgIpc) is 3.28. The lowest BCUT2D eigenvalue weighted by Crippen LogP contribution is -2.32. The summed E-state index contributed by atoms with van der Waals surface area (Å²) < 4.78 is 100. The maximum Gasteiger partial charge on any atom is 0.435 e. The van der Waals surface area contributed by atoms with Gasteiger partial charge in [-0.2, -0.15) is 41.1 Å². The number of aromatic nitrogens is 6. The Balaban J connectivity index is 2.16. The fourth-order valence-electron chi connectivity index (χ4n) is 3.25. The number of alkyl halides is 6. The summed E-state index contributed by atoms with van der Waals surface area (Å²) in [7, 11) is 1.18. The third-order valence-corrected chi connectivity index (χ3v) is 5.24. The van der Waals surface area contributed by atoms with Crippen LogP contribution in [0.15, 0.2) is 10.9 Å². The van der Waals surface area contributed by atoms with Crippen LogP contribution in [0.3, 0.4) is 0 Å². The fraction of sp³-hybridized carbons (Fsp3) is 0.450. The third kappa shape index (κ3) is 5.50. The lowest BCUT2D eigenvalue weighted by atomic mass is 10.0. The number of carbonyl (C=O) groups is 1. The molecule has 0 saturated heterocycles. The van der Waals surface area contributed by atoms with Gasteiger partial charge in [-0.05, 0) is 26.8 Å². The highest BCUT2D eigenvalue weighted by Gasteiger charge is 2.40. The number of aromatic amines is 1. The molecular weight excluding hydrogens is 521 g/mol. The highest BCUT2D eigenvalue weighted by Crippen LogP contribution is 2.33. The molecule has 2 atom stereocenters. The summed E-state index contributed by atoms with van der Waals surface area (Å²) in [6, 6.07) is 0.384. The SMILES string of the molecule is Cc1[nH]nc(C(F)(F)F)c1CC(=O)c1cc(F)c(-n2nc(C(C)O)n(C)c2=O)nc1O[C@@H](C)C(F)(F)F. The molecule has 0 bridgehead atoms. The molecule has 202 valence electrons. The van der Waals surface area contributed by atoms with E-state index < -0.39 is 76.8 Å². The number of nitrogens with zero attached hydrogens (tertiary/aromatic N) is 5. The van der Waals surface area contributed by atoms with Crippen molar-refractivity contribution in [3.05, 3.63) is 50.7 Å². The summed E-state index contributed by atoms with van der Waals surface area (Å²) in [6.45, 7) is 2.98. The molecule has 0 aromatic carbocycles. The van der Waals surface area contributed by atoms with E-state index in [2.05, 4.69) is 20.3 Å². The number of aryl methyl sites for hydroxylation is 1. The van der Waals surface area contributed by atoms with Gasteiger partial charge in [0.15, 0.2) is 35.0 Å². The summed E-state index contributed by atoms with van der Waals surface area (Å²) in [5.74, 6) is -5.00. The Morgan fingerprint density at radius 1 is 1.22 bits per heavy atom. The molecule has 1 unspecified atom stereocenters.